The molecule has 4 nitrogen and oxygen atoms in total. The van der Waals surface area contributed by atoms with Crippen LogP contribution >= 0.6 is 11.6 Å². The third kappa shape index (κ3) is 5.26. The Morgan fingerprint density at radius 2 is 1.88 bits per heavy atom. The zero-order valence-corrected chi connectivity index (χ0v) is 14.2. The van der Waals surface area contributed by atoms with Gasteiger partial charge in [0.25, 0.3) is 0 Å². The van der Waals surface area contributed by atoms with E-state index in [4.69, 9.17) is 11.6 Å². The molecule has 0 aromatic heterocycles. The van der Waals surface area contributed by atoms with Crippen molar-refractivity contribution in [1.29, 1.82) is 0 Å². The Kier molecular flexibility index (Phi) is 6.47. The minimum absolute atomic E-state index is 0.123. The minimum atomic E-state index is -1.10. The van der Waals surface area contributed by atoms with Crippen LogP contribution in [0.4, 0.5) is 8.78 Å². The van der Waals surface area contributed by atoms with Gasteiger partial charge in [-0.05, 0) is 41.8 Å². The lowest BCUT2D eigenvalue weighted by Gasteiger charge is -2.18. The maximum Gasteiger partial charge on any atom is 0.246 e. The van der Waals surface area contributed by atoms with Gasteiger partial charge >= 0.3 is 0 Å². The molecule has 0 bridgehead atoms. The molecule has 2 aromatic carbocycles. The van der Waals surface area contributed by atoms with Crippen molar-refractivity contribution in [2.75, 3.05) is 7.05 Å². The van der Waals surface area contributed by atoms with E-state index in [0.717, 1.165) is 17.7 Å². The van der Waals surface area contributed by atoms with Crippen molar-refractivity contribution in [2.24, 2.45) is 0 Å². The second-order valence-corrected chi connectivity index (χ2v) is 5.85. The van der Waals surface area contributed by atoms with E-state index in [9.17, 15) is 18.4 Å². The number of hydrogen-bond donors (Lipinski definition) is 2. The zero-order chi connectivity index (χ0) is 18.4. The molecule has 2 N–H and O–H groups in total. The van der Waals surface area contributed by atoms with Crippen LogP contribution in [0.2, 0.25) is 5.02 Å². The molecule has 0 aliphatic rings. The molecule has 2 amide bonds. The van der Waals surface area contributed by atoms with Gasteiger partial charge in [-0.1, -0.05) is 29.8 Å². The summed E-state index contributed by atoms with van der Waals surface area (Å²) < 4.78 is 26.5. The van der Waals surface area contributed by atoms with Gasteiger partial charge in [-0.25, -0.2) is 8.78 Å². The van der Waals surface area contributed by atoms with Crippen molar-refractivity contribution in [1.82, 2.24) is 10.6 Å². The van der Waals surface area contributed by atoms with Gasteiger partial charge in [0, 0.05) is 18.5 Å². The Labute approximate surface area is 149 Å². The number of amides is 2. The van der Waals surface area contributed by atoms with E-state index in [1.807, 2.05) is 6.07 Å². The van der Waals surface area contributed by atoms with E-state index in [1.165, 1.54) is 13.1 Å². The highest BCUT2D eigenvalue weighted by Crippen LogP contribution is 2.18. The summed E-state index contributed by atoms with van der Waals surface area (Å²) >= 11 is 5.89. The fourth-order valence-electron chi connectivity index (χ4n) is 2.32. The number of halogens is 3. The number of rotatable bonds is 6. The lowest BCUT2D eigenvalue weighted by Crippen LogP contribution is -2.39. The van der Waals surface area contributed by atoms with Gasteiger partial charge in [0.2, 0.25) is 11.8 Å². The molecule has 0 spiro atoms. The number of carbonyl (C=O) groups is 2. The van der Waals surface area contributed by atoms with E-state index < -0.39 is 29.5 Å². The predicted octanol–water partition coefficient (Wildman–Crippen LogP) is 3.15. The minimum Gasteiger partial charge on any atom is -0.357 e. The first kappa shape index (κ1) is 18.9. The molecule has 0 saturated carbocycles. The van der Waals surface area contributed by atoms with Gasteiger partial charge in [-0.2, -0.15) is 0 Å². The summed E-state index contributed by atoms with van der Waals surface area (Å²) in [5.74, 6) is -3.02. The van der Waals surface area contributed by atoms with E-state index in [0.29, 0.717) is 11.4 Å². The Hall–Kier alpha value is -2.47. The van der Waals surface area contributed by atoms with Crippen LogP contribution in [0.3, 0.4) is 0 Å². The van der Waals surface area contributed by atoms with E-state index in [1.54, 1.807) is 18.2 Å². The molecule has 0 saturated heterocycles. The van der Waals surface area contributed by atoms with Crippen LogP contribution in [0.5, 0.6) is 0 Å². The number of benzene rings is 2. The topological polar surface area (TPSA) is 58.2 Å². The summed E-state index contributed by atoms with van der Waals surface area (Å²) in [6, 6.07) is 9.07. The SMILES string of the molecule is CNC(=O)C(NC(=O)CCc1cccc(Cl)c1)c1ccc(F)c(F)c1. The summed E-state index contributed by atoms with van der Waals surface area (Å²) in [6.45, 7) is 0. The quantitative estimate of drug-likeness (QED) is 0.825. The monoisotopic (exact) mass is 366 g/mol. The summed E-state index contributed by atoms with van der Waals surface area (Å²) in [4.78, 5) is 24.2. The predicted molar refractivity (Wildman–Crippen MR) is 91.1 cm³/mol. The molecular formula is C18H17ClF2N2O2. The molecule has 0 fully saturated rings. The Morgan fingerprint density at radius 3 is 2.52 bits per heavy atom. The summed E-state index contributed by atoms with van der Waals surface area (Å²) in [5.41, 5.74) is 1.04. The molecule has 1 unspecified atom stereocenters. The zero-order valence-electron chi connectivity index (χ0n) is 13.5. The van der Waals surface area contributed by atoms with Crippen LogP contribution in [-0.2, 0) is 16.0 Å². The largest absolute Gasteiger partial charge is 0.357 e. The second-order valence-electron chi connectivity index (χ2n) is 5.42. The van der Waals surface area contributed by atoms with Crippen molar-refractivity contribution in [2.45, 2.75) is 18.9 Å². The lowest BCUT2D eigenvalue weighted by atomic mass is 10.0. The van der Waals surface area contributed by atoms with Crippen molar-refractivity contribution < 1.29 is 18.4 Å². The first-order valence-corrected chi connectivity index (χ1v) is 7.99. The standard InChI is InChI=1S/C18H17ClF2N2O2/c1-22-18(25)17(12-6-7-14(20)15(21)10-12)23-16(24)8-5-11-3-2-4-13(19)9-11/h2-4,6-7,9-10,17H,5,8H2,1H3,(H,22,25)(H,23,24). The number of hydrogen-bond acceptors (Lipinski definition) is 2. The molecule has 132 valence electrons. The average Bonchev–Trinajstić information content (AvgIpc) is 2.60. The molecule has 1 atom stereocenters. The molecule has 0 heterocycles. The van der Waals surface area contributed by atoms with Gasteiger partial charge in [-0.15, -0.1) is 0 Å². The molecular weight excluding hydrogens is 350 g/mol. The molecule has 0 radical (unpaired) electrons. The summed E-state index contributed by atoms with van der Waals surface area (Å²) in [5, 5.41) is 5.51. The lowest BCUT2D eigenvalue weighted by molar-refractivity contribution is -0.128. The van der Waals surface area contributed by atoms with E-state index in [-0.39, 0.29) is 12.0 Å². The van der Waals surface area contributed by atoms with Gasteiger partial charge in [0.1, 0.15) is 6.04 Å². The van der Waals surface area contributed by atoms with Gasteiger partial charge in [0.05, 0.1) is 0 Å². The fraction of sp³-hybridized carbons (Fsp3) is 0.222. The molecule has 7 heteroatoms. The highest BCUT2D eigenvalue weighted by molar-refractivity contribution is 6.30. The van der Waals surface area contributed by atoms with Crippen molar-refractivity contribution in [3.05, 3.63) is 70.2 Å². The normalized spacial score (nSPS) is 11.7. The first-order chi connectivity index (χ1) is 11.9. The van der Waals surface area contributed by atoms with E-state index >= 15 is 0 Å². The second kappa shape index (κ2) is 8.58. The molecule has 0 aliphatic heterocycles. The third-order valence-electron chi connectivity index (χ3n) is 3.62. The van der Waals surface area contributed by atoms with Gasteiger partial charge < -0.3 is 10.6 Å². The number of likely N-dealkylation sites (N-methyl/N-ethyl adjacent to an activating group) is 1. The maximum absolute atomic E-state index is 13.4. The Morgan fingerprint density at radius 1 is 1.12 bits per heavy atom. The van der Waals surface area contributed by atoms with Gasteiger partial charge in [0.15, 0.2) is 11.6 Å². The van der Waals surface area contributed by atoms with Crippen LogP contribution in [0.15, 0.2) is 42.5 Å². The van der Waals surface area contributed by atoms with Crippen molar-refractivity contribution >= 4 is 23.4 Å². The van der Waals surface area contributed by atoms with Crippen LogP contribution in [0.1, 0.15) is 23.6 Å². The Bertz CT molecular complexity index is 783. The fourth-order valence-corrected chi connectivity index (χ4v) is 2.53. The van der Waals surface area contributed by atoms with Crippen LogP contribution in [-0.4, -0.2) is 18.9 Å². The van der Waals surface area contributed by atoms with E-state index in [2.05, 4.69) is 10.6 Å². The number of aryl methyl sites for hydroxylation is 1. The molecule has 2 aromatic rings. The van der Waals surface area contributed by atoms with Crippen LogP contribution in [0.25, 0.3) is 0 Å². The smallest absolute Gasteiger partial charge is 0.246 e. The summed E-state index contributed by atoms with van der Waals surface area (Å²) in [7, 11) is 1.40. The molecule has 25 heavy (non-hydrogen) atoms. The number of nitrogens with one attached hydrogen (secondary N) is 2. The van der Waals surface area contributed by atoms with Crippen molar-refractivity contribution in [3.8, 4) is 0 Å². The highest BCUT2D eigenvalue weighted by atomic mass is 35.5. The third-order valence-corrected chi connectivity index (χ3v) is 3.86. The average molecular weight is 367 g/mol. The Balaban J connectivity index is 2.07. The highest BCUT2D eigenvalue weighted by Gasteiger charge is 2.22. The summed E-state index contributed by atoms with van der Waals surface area (Å²) in [6.07, 6.45) is 0.558. The maximum atomic E-state index is 13.4. The van der Waals surface area contributed by atoms with Crippen molar-refractivity contribution in [3.63, 3.8) is 0 Å². The van der Waals surface area contributed by atoms with Crippen LogP contribution in [0, 0.1) is 11.6 Å². The number of carbonyl (C=O) groups excluding carboxylic acids is 2. The van der Waals surface area contributed by atoms with Gasteiger partial charge in [-0.3, -0.25) is 9.59 Å². The first-order valence-electron chi connectivity index (χ1n) is 7.61. The molecule has 0 aliphatic carbocycles. The molecule has 2 rings (SSSR count). The van der Waals surface area contributed by atoms with Crippen LogP contribution < -0.4 is 10.6 Å².